The number of alkyl halides is 1. The third-order valence-corrected chi connectivity index (χ3v) is 0.703. The van der Waals surface area contributed by atoms with Gasteiger partial charge < -0.3 is 4.74 Å². The maximum absolute atomic E-state index is 4.84. The molecule has 0 fully saturated rings. The summed E-state index contributed by atoms with van der Waals surface area (Å²) in [5, 5.41) is 0. The first-order valence-electron chi connectivity index (χ1n) is 1.49. The topological polar surface area (TPSA) is 9.23 Å². The normalized spacial score (nSPS) is 7.33. The van der Waals surface area contributed by atoms with Crippen molar-refractivity contribution in [3.63, 3.8) is 0 Å². The van der Waals surface area contributed by atoms with Gasteiger partial charge in [-0.05, 0) is 0 Å². The zero-order chi connectivity index (χ0) is 4.83. The lowest BCUT2D eigenvalue weighted by molar-refractivity contribution is 0.231. The van der Waals surface area contributed by atoms with Crippen molar-refractivity contribution in [2.45, 2.75) is 0 Å². The smallest absolute Gasteiger partial charge is 0.108 e. The van der Waals surface area contributed by atoms with Gasteiger partial charge in [-0.25, -0.2) is 0 Å². The molecule has 6 heavy (non-hydrogen) atoms. The molecule has 0 aliphatic carbocycles. The number of rotatable bonds is 2. The Balaban J connectivity index is 2.54. The van der Waals surface area contributed by atoms with Crippen molar-refractivity contribution in [1.29, 1.82) is 0 Å². The number of ether oxygens (including phenoxy) is 1. The zero-order valence-corrected chi connectivity index (χ0v) is 5.44. The molecule has 0 N–H and O–H groups in total. The molecule has 0 rings (SSSR count). The van der Waals surface area contributed by atoms with Crippen molar-refractivity contribution in [2.24, 2.45) is 0 Å². The van der Waals surface area contributed by atoms with E-state index in [1.807, 2.05) is 0 Å². The Kier molecular flexibility index (Phi) is 5.47. The second-order valence-electron chi connectivity index (χ2n) is 0.662. The third kappa shape index (κ3) is 4.25. The van der Waals surface area contributed by atoms with Gasteiger partial charge in [0.05, 0.1) is 4.61 Å². The van der Waals surface area contributed by atoms with Gasteiger partial charge >= 0.3 is 0 Å². The van der Waals surface area contributed by atoms with Crippen LogP contribution in [-0.2, 0) is 4.74 Å². The SMILES string of the molecule is C#CCOCI. The highest BCUT2D eigenvalue weighted by atomic mass is 127. The Morgan fingerprint density at radius 3 is 2.67 bits per heavy atom. The van der Waals surface area contributed by atoms with Gasteiger partial charge in [-0.2, -0.15) is 0 Å². The first-order valence-corrected chi connectivity index (χ1v) is 3.01. The quantitative estimate of drug-likeness (QED) is 0.277. The molecule has 0 saturated heterocycles. The number of halogens is 1. The van der Waals surface area contributed by atoms with E-state index in [0.29, 0.717) is 11.2 Å². The van der Waals surface area contributed by atoms with Gasteiger partial charge in [0, 0.05) is 0 Å². The minimum Gasteiger partial charge on any atom is -0.358 e. The molecule has 0 heterocycles. The number of hydrogen-bond donors (Lipinski definition) is 0. The molecule has 0 saturated carbocycles. The van der Waals surface area contributed by atoms with Crippen molar-refractivity contribution in [2.75, 3.05) is 11.2 Å². The number of hydrogen-bond acceptors (Lipinski definition) is 1. The summed E-state index contributed by atoms with van der Waals surface area (Å²) < 4.78 is 5.42. The minimum absolute atomic E-state index is 0.433. The molecular weight excluding hydrogens is 191 g/mol. The van der Waals surface area contributed by atoms with Crippen LogP contribution in [0.4, 0.5) is 0 Å². The maximum Gasteiger partial charge on any atom is 0.108 e. The summed E-state index contributed by atoms with van der Waals surface area (Å²) in [5.74, 6) is 2.34. The summed E-state index contributed by atoms with van der Waals surface area (Å²) in [6.07, 6.45) is 4.84. The molecule has 0 aromatic heterocycles. The molecule has 0 unspecified atom stereocenters. The largest absolute Gasteiger partial charge is 0.358 e. The lowest BCUT2D eigenvalue weighted by Crippen LogP contribution is -1.83. The fraction of sp³-hybridized carbons (Fsp3) is 0.500. The van der Waals surface area contributed by atoms with E-state index in [1.54, 1.807) is 0 Å². The Bertz CT molecular complexity index is 55.1. The average molecular weight is 196 g/mol. The van der Waals surface area contributed by atoms with Crippen LogP contribution < -0.4 is 0 Å². The number of terminal acetylenes is 1. The third-order valence-electron chi connectivity index (χ3n) is 0.263. The van der Waals surface area contributed by atoms with Crippen LogP contribution in [0.1, 0.15) is 0 Å². The van der Waals surface area contributed by atoms with Crippen LogP contribution in [0.2, 0.25) is 0 Å². The molecule has 34 valence electrons. The lowest BCUT2D eigenvalue weighted by Gasteiger charge is -1.84. The monoisotopic (exact) mass is 196 g/mol. The predicted octanol–water partition coefficient (Wildman–Crippen LogP) is 1.03. The van der Waals surface area contributed by atoms with Crippen molar-refractivity contribution < 1.29 is 4.74 Å². The van der Waals surface area contributed by atoms with E-state index in [4.69, 9.17) is 11.2 Å². The van der Waals surface area contributed by atoms with E-state index >= 15 is 0 Å². The lowest BCUT2D eigenvalue weighted by atomic mass is 10.8. The van der Waals surface area contributed by atoms with Gasteiger partial charge in [-0.1, -0.05) is 28.5 Å². The second kappa shape index (κ2) is 5.25. The first-order chi connectivity index (χ1) is 2.91. The van der Waals surface area contributed by atoms with Crippen LogP contribution >= 0.6 is 22.6 Å². The second-order valence-corrected chi connectivity index (χ2v) is 1.28. The molecule has 0 aromatic carbocycles. The molecule has 0 spiro atoms. The molecule has 1 nitrogen and oxygen atoms in total. The predicted molar refractivity (Wildman–Crippen MR) is 33.7 cm³/mol. The van der Waals surface area contributed by atoms with Crippen LogP contribution in [0.25, 0.3) is 0 Å². The summed E-state index contributed by atoms with van der Waals surface area (Å²) in [4.78, 5) is 0. The van der Waals surface area contributed by atoms with Gasteiger partial charge in [0.25, 0.3) is 0 Å². The van der Waals surface area contributed by atoms with Gasteiger partial charge in [-0.3, -0.25) is 0 Å². The van der Waals surface area contributed by atoms with E-state index in [9.17, 15) is 0 Å². The summed E-state index contributed by atoms with van der Waals surface area (Å²) in [7, 11) is 0. The standard InChI is InChI=1S/C4H5IO/c1-2-3-6-4-5/h1H,3-4H2. The van der Waals surface area contributed by atoms with Crippen LogP contribution in [-0.4, -0.2) is 11.2 Å². The van der Waals surface area contributed by atoms with Crippen molar-refractivity contribution in [3.8, 4) is 12.3 Å². The maximum atomic E-state index is 4.84. The molecule has 2 heteroatoms. The summed E-state index contributed by atoms with van der Waals surface area (Å²) in [6, 6.07) is 0. The van der Waals surface area contributed by atoms with E-state index in [-0.39, 0.29) is 0 Å². The summed E-state index contributed by atoms with van der Waals surface area (Å²) >= 11 is 2.09. The molecule has 0 bridgehead atoms. The Labute approximate surface area is 51.2 Å². The molecule has 0 aliphatic heterocycles. The van der Waals surface area contributed by atoms with Crippen LogP contribution in [0.3, 0.4) is 0 Å². The van der Waals surface area contributed by atoms with Gasteiger partial charge in [0.15, 0.2) is 0 Å². The van der Waals surface area contributed by atoms with Gasteiger partial charge in [0.2, 0.25) is 0 Å². The molecule has 0 aromatic rings. The van der Waals surface area contributed by atoms with Gasteiger partial charge in [-0.15, -0.1) is 6.42 Å². The Hall–Kier alpha value is 0.250. The molecule has 0 atom stereocenters. The fourth-order valence-corrected chi connectivity index (χ4v) is 0.318. The van der Waals surface area contributed by atoms with E-state index in [0.717, 1.165) is 0 Å². The Morgan fingerprint density at radius 1 is 1.83 bits per heavy atom. The molecule has 0 radical (unpaired) electrons. The van der Waals surface area contributed by atoms with Crippen LogP contribution in [0, 0.1) is 12.3 Å². The van der Waals surface area contributed by atoms with E-state index < -0.39 is 0 Å². The van der Waals surface area contributed by atoms with Crippen LogP contribution in [0.15, 0.2) is 0 Å². The van der Waals surface area contributed by atoms with Crippen molar-refractivity contribution >= 4 is 22.6 Å². The average Bonchev–Trinajstić information content (AvgIpc) is 1.61. The van der Waals surface area contributed by atoms with Crippen molar-refractivity contribution in [3.05, 3.63) is 0 Å². The van der Waals surface area contributed by atoms with E-state index in [1.165, 1.54) is 0 Å². The Morgan fingerprint density at radius 2 is 2.50 bits per heavy atom. The summed E-state index contributed by atoms with van der Waals surface area (Å²) in [5.41, 5.74) is 0. The highest BCUT2D eigenvalue weighted by molar-refractivity contribution is 14.1. The van der Waals surface area contributed by atoms with E-state index in [2.05, 4.69) is 28.5 Å². The molecule has 0 amide bonds. The molecule has 0 aliphatic rings. The van der Waals surface area contributed by atoms with Crippen molar-refractivity contribution in [1.82, 2.24) is 0 Å². The first kappa shape index (κ1) is 6.25. The zero-order valence-electron chi connectivity index (χ0n) is 3.28. The summed E-state index contributed by atoms with van der Waals surface area (Å²) in [6.45, 7) is 0.433. The highest BCUT2D eigenvalue weighted by Crippen LogP contribution is 1.79. The van der Waals surface area contributed by atoms with Gasteiger partial charge in [0.1, 0.15) is 6.61 Å². The minimum atomic E-state index is 0.433. The van der Waals surface area contributed by atoms with Crippen LogP contribution in [0.5, 0.6) is 0 Å². The fourth-order valence-electron chi connectivity index (χ4n) is 0.0975. The molecular formula is C4H5IO. The highest BCUT2D eigenvalue weighted by Gasteiger charge is 1.69.